The number of rotatable bonds is 4. The molecule has 0 saturated carbocycles. The van der Waals surface area contributed by atoms with Gasteiger partial charge in [0.25, 0.3) is 5.91 Å². The summed E-state index contributed by atoms with van der Waals surface area (Å²) in [6.45, 7) is 3.36. The van der Waals surface area contributed by atoms with Crippen molar-refractivity contribution in [1.29, 1.82) is 0 Å². The number of halogens is 1. The smallest absolute Gasteiger partial charge is 0.326 e. The molecule has 0 heterocycles. The molecule has 0 spiro atoms. The van der Waals surface area contributed by atoms with Crippen LogP contribution in [0.25, 0.3) is 0 Å². The summed E-state index contributed by atoms with van der Waals surface area (Å²) in [5, 5.41) is 21.2. The van der Waals surface area contributed by atoms with Crippen molar-refractivity contribution in [2.24, 2.45) is 5.92 Å². The lowest BCUT2D eigenvalue weighted by atomic mass is 10.0. The van der Waals surface area contributed by atoms with Gasteiger partial charge in [0, 0.05) is 5.02 Å². The number of carbonyl (C=O) groups is 2. The third kappa shape index (κ3) is 3.37. The summed E-state index contributed by atoms with van der Waals surface area (Å²) in [5.74, 6) is -2.31. The van der Waals surface area contributed by atoms with Gasteiger partial charge in [-0.15, -0.1) is 0 Å². The highest BCUT2D eigenvalue weighted by atomic mass is 35.5. The minimum atomic E-state index is -1.12. The summed E-state index contributed by atoms with van der Waals surface area (Å²) in [4.78, 5) is 22.8. The molecule has 0 bridgehead atoms. The summed E-state index contributed by atoms with van der Waals surface area (Å²) in [6.07, 6.45) is 0. The van der Waals surface area contributed by atoms with Gasteiger partial charge in [0.05, 0.1) is 5.56 Å². The van der Waals surface area contributed by atoms with Gasteiger partial charge in [-0.2, -0.15) is 0 Å². The van der Waals surface area contributed by atoms with Gasteiger partial charge in [0.1, 0.15) is 11.8 Å². The first-order valence-corrected chi connectivity index (χ1v) is 5.73. The Hall–Kier alpha value is -1.75. The Morgan fingerprint density at radius 3 is 2.39 bits per heavy atom. The molecule has 0 saturated heterocycles. The fraction of sp³-hybridized carbons (Fsp3) is 0.333. The van der Waals surface area contributed by atoms with Gasteiger partial charge < -0.3 is 15.5 Å². The third-order valence-electron chi connectivity index (χ3n) is 2.42. The molecule has 0 unspecified atom stereocenters. The second kappa shape index (κ2) is 5.73. The first-order valence-electron chi connectivity index (χ1n) is 5.35. The van der Waals surface area contributed by atoms with Crippen molar-refractivity contribution < 1.29 is 19.8 Å². The van der Waals surface area contributed by atoms with Gasteiger partial charge in [-0.25, -0.2) is 4.79 Å². The normalized spacial score (nSPS) is 12.2. The molecule has 0 aliphatic carbocycles. The lowest BCUT2D eigenvalue weighted by Crippen LogP contribution is -2.44. The average Bonchev–Trinajstić information content (AvgIpc) is 2.24. The number of amides is 1. The molecule has 0 aromatic heterocycles. The summed E-state index contributed by atoms with van der Waals surface area (Å²) < 4.78 is 0. The topological polar surface area (TPSA) is 86.6 Å². The van der Waals surface area contributed by atoms with Gasteiger partial charge in [-0.3, -0.25) is 4.79 Å². The Bertz CT molecular complexity index is 473. The van der Waals surface area contributed by atoms with Gasteiger partial charge >= 0.3 is 5.97 Å². The number of carboxylic acids is 1. The maximum absolute atomic E-state index is 11.8. The van der Waals surface area contributed by atoms with Gasteiger partial charge in [-0.1, -0.05) is 25.4 Å². The standard InChI is InChI=1S/C12H14ClNO4/c1-6(2)10(12(17)18)14-11(16)8-4-3-7(13)5-9(8)15/h3-6,10,15H,1-2H3,(H,14,16)(H,17,18)/t10-/m1/s1. The Morgan fingerprint density at radius 2 is 1.94 bits per heavy atom. The van der Waals surface area contributed by atoms with Crippen molar-refractivity contribution in [1.82, 2.24) is 5.32 Å². The lowest BCUT2D eigenvalue weighted by molar-refractivity contribution is -0.140. The Balaban J connectivity index is 2.91. The van der Waals surface area contributed by atoms with Crippen LogP contribution in [0.4, 0.5) is 0 Å². The number of carbonyl (C=O) groups excluding carboxylic acids is 1. The van der Waals surface area contributed by atoms with Gasteiger partial charge in [0.15, 0.2) is 0 Å². The van der Waals surface area contributed by atoms with E-state index in [9.17, 15) is 14.7 Å². The number of carboxylic acid groups (broad SMARTS) is 1. The minimum Gasteiger partial charge on any atom is -0.507 e. The monoisotopic (exact) mass is 271 g/mol. The van der Waals surface area contributed by atoms with Gasteiger partial charge in [0.2, 0.25) is 0 Å². The highest BCUT2D eigenvalue weighted by molar-refractivity contribution is 6.30. The minimum absolute atomic E-state index is 0.00806. The van der Waals surface area contributed by atoms with Crippen LogP contribution in [0, 0.1) is 5.92 Å². The molecule has 1 aromatic carbocycles. The van der Waals surface area contributed by atoms with Crippen LogP contribution in [-0.4, -0.2) is 28.1 Å². The fourth-order valence-corrected chi connectivity index (χ4v) is 1.60. The Kier molecular flexibility index (Phi) is 4.55. The molecule has 0 fully saturated rings. The van der Waals surface area contributed by atoms with E-state index in [1.807, 2.05) is 0 Å². The first-order chi connectivity index (χ1) is 8.32. The van der Waals surface area contributed by atoms with E-state index in [-0.39, 0.29) is 17.2 Å². The van der Waals surface area contributed by atoms with Gasteiger partial charge in [-0.05, 0) is 24.1 Å². The van der Waals surface area contributed by atoms with E-state index < -0.39 is 17.9 Å². The number of benzene rings is 1. The number of aliphatic carboxylic acids is 1. The second-order valence-corrected chi connectivity index (χ2v) is 4.63. The predicted octanol–water partition coefficient (Wildman–Crippen LogP) is 1.88. The van der Waals surface area contributed by atoms with Crippen molar-refractivity contribution in [3.05, 3.63) is 28.8 Å². The molecule has 98 valence electrons. The van der Waals surface area contributed by atoms with Crippen LogP contribution >= 0.6 is 11.6 Å². The zero-order chi connectivity index (χ0) is 13.9. The van der Waals surface area contributed by atoms with E-state index in [1.54, 1.807) is 13.8 Å². The Morgan fingerprint density at radius 1 is 1.33 bits per heavy atom. The van der Waals surface area contributed by atoms with E-state index in [2.05, 4.69) is 5.32 Å². The molecule has 3 N–H and O–H groups in total. The van der Waals surface area contributed by atoms with E-state index in [4.69, 9.17) is 16.7 Å². The molecule has 0 radical (unpaired) electrons. The SMILES string of the molecule is CC(C)[C@@H](NC(=O)c1ccc(Cl)cc1O)C(=O)O. The molecule has 1 amide bonds. The first kappa shape index (κ1) is 14.3. The number of phenolic OH excluding ortho intramolecular Hbond substituents is 1. The van der Waals surface area contributed by atoms with E-state index in [0.717, 1.165) is 0 Å². The zero-order valence-corrected chi connectivity index (χ0v) is 10.7. The number of nitrogens with one attached hydrogen (secondary N) is 1. The molecule has 6 heteroatoms. The van der Waals surface area contributed by atoms with E-state index in [1.165, 1.54) is 18.2 Å². The maximum atomic E-state index is 11.8. The van der Waals surface area contributed by atoms with Crippen molar-refractivity contribution in [3.8, 4) is 5.75 Å². The number of phenols is 1. The van der Waals surface area contributed by atoms with E-state index >= 15 is 0 Å². The molecule has 0 aliphatic rings. The summed E-state index contributed by atoms with van der Waals surface area (Å²) in [6, 6.07) is 3.00. The number of hydrogen-bond acceptors (Lipinski definition) is 3. The van der Waals surface area contributed by atoms with E-state index in [0.29, 0.717) is 5.02 Å². The summed E-state index contributed by atoms with van der Waals surface area (Å²) in [5.41, 5.74) is -0.00806. The van der Waals surface area contributed by atoms with Crippen LogP contribution in [-0.2, 0) is 4.79 Å². The van der Waals surface area contributed by atoms with Crippen LogP contribution < -0.4 is 5.32 Å². The molecular formula is C12H14ClNO4. The Labute approximate surface area is 109 Å². The van der Waals surface area contributed by atoms with Crippen LogP contribution in [0.15, 0.2) is 18.2 Å². The maximum Gasteiger partial charge on any atom is 0.326 e. The zero-order valence-electron chi connectivity index (χ0n) is 9.98. The lowest BCUT2D eigenvalue weighted by Gasteiger charge is -2.18. The second-order valence-electron chi connectivity index (χ2n) is 4.19. The highest BCUT2D eigenvalue weighted by Gasteiger charge is 2.24. The van der Waals surface area contributed by atoms with Crippen LogP contribution in [0.3, 0.4) is 0 Å². The van der Waals surface area contributed by atoms with Crippen LogP contribution in [0.2, 0.25) is 5.02 Å². The predicted molar refractivity (Wildman–Crippen MR) is 66.8 cm³/mol. The largest absolute Gasteiger partial charge is 0.507 e. The van der Waals surface area contributed by atoms with Crippen LogP contribution in [0.5, 0.6) is 5.75 Å². The molecule has 0 aliphatic heterocycles. The summed E-state index contributed by atoms with van der Waals surface area (Å²) in [7, 11) is 0. The third-order valence-corrected chi connectivity index (χ3v) is 2.66. The van der Waals surface area contributed by atoms with Crippen molar-refractivity contribution in [2.45, 2.75) is 19.9 Å². The van der Waals surface area contributed by atoms with Crippen molar-refractivity contribution in [3.63, 3.8) is 0 Å². The molecule has 1 rings (SSSR count). The molecule has 5 nitrogen and oxygen atoms in total. The summed E-state index contributed by atoms with van der Waals surface area (Å²) >= 11 is 5.64. The quantitative estimate of drug-likeness (QED) is 0.780. The molecule has 1 atom stereocenters. The molecule has 1 aromatic rings. The molecule has 18 heavy (non-hydrogen) atoms. The fourth-order valence-electron chi connectivity index (χ4n) is 1.43. The van der Waals surface area contributed by atoms with Crippen LogP contribution in [0.1, 0.15) is 24.2 Å². The number of hydrogen-bond donors (Lipinski definition) is 3. The average molecular weight is 272 g/mol. The van der Waals surface area contributed by atoms with Crippen molar-refractivity contribution >= 4 is 23.5 Å². The molecular weight excluding hydrogens is 258 g/mol. The highest BCUT2D eigenvalue weighted by Crippen LogP contribution is 2.22. The van der Waals surface area contributed by atoms with Crippen molar-refractivity contribution in [2.75, 3.05) is 0 Å². The number of aromatic hydroxyl groups is 1.